The Morgan fingerprint density at radius 1 is 1.23 bits per heavy atom. The Morgan fingerprint density at radius 3 is 2.65 bits per heavy atom. The molecule has 134 valence electrons. The lowest BCUT2D eigenvalue weighted by molar-refractivity contribution is -0.141. The number of thiophene rings is 1. The maximum absolute atomic E-state index is 12.6. The number of carbonyl (C=O) groups is 2. The number of ether oxygens (including phenoxy) is 1. The molecule has 3 rings (SSSR count). The first-order valence-corrected chi connectivity index (χ1v) is 9.48. The van der Waals surface area contributed by atoms with Crippen molar-refractivity contribution in [2.24, 2.45) is 0 Å². The zero-order valence-electron chi connectivity index (χ0n) is 13.8. The lowest BCUT2D eigenvalue weighted by atomic mass is 10.1. The van der Waals surface area contributed by atoms with Gasteiger partial charge >= 0.3 is 5.97 Å². The van der Waals surface area contributed by atoms with Gasteiger partial charge in [-0.15, -0.1) is 22.7 Å². The van der Waals surface area contributed by atoms with E-state index in [1.807, 2.05) is 17.5 Å². The molecule has 0 bridgehead atoms. The first kappa shape index (κ1) is 18.1. The maximum Gasteiger partial charge on any atom is 0.307 e. The minimum atomic E-state index is -0.464. The number of thiazole rings is 1. The van der Waals surface area contributed by atoms with E-state index in [2.05, 4.69) is 10.3 Å². The predicted octanol–water partition coefficient (Wildman–Crippen LogP) is 3.61. The summed E-state index contributed by atoms with van der Waals surface area (Å²) < 4.78 is 4.72. The Morgan fingerprint density at radius 2 is 2.00 bits per heavy atom. The second kappa shape index (κ2) is 8.11. The quantitative estimate of drug-likeness (QED) is 0.630. The van der Waals surface area contributed by atoms with Crippen molar-refractivity contribution in [3.63, 3.8) is 0 Å². The van der Waals surface area contributed by atoms with Gasteiger partial charge in [-0.05, 0) is 35.7 Å². The van der Waals surface area contributed by atoms with Crippen molar-refractivity contribution in [3.8, 4) is 16.3 Å². The summed E-state index contributed by atoms with van der Waals surface area (Å²) in [4.78, 5) is 29.4. The molecule has 0 spiro atoms. The van der Waals surface area contributed by atoms with E-state index in [-0.39, 0.29) is 23.8 Å². The Kier molecular flexibility index (Phi) is 5.65. The highest BCUT2D eigenvalue weighted by Gasteiger charge is 2.22. The summed E-state index contributed by atoms with van der Waals surface area (Å²) in [5, 5.41) is 16.4. The molecule has 0 aliphatic rings. The van der Waals surface area contributed by atoms with E-state index in [0.717, 1.165) is 10.4 Å². The summed E-state index contributed by atoms with van der Waals surface area (Å²) in [5.74, 6) is -0.579. The van der Waals surface area contributed by atoms with Crippen molar-refractivity contribution in [2.45, 2.75) is 12.5 Å². The number of phenols is 1. The van der Waals surface area contributed by atoms with E-state index in [1.54, 1.807) is 29.6 Å². The van der Waals surface area contributed by atoms with E-state index in [1.165, 1.54) is 29.8 Å². The molecule has 1 aromatic carbocycles. The SMILES string of the molecule is COC(=O)CC(NC(=O)c1csc(-c2ccc(O)cc2)n1)c1cccs1. The molecule has 0 radical (unpaired) electrons. The van der Waals surface area contributed by atoms with Crippen molar-refractivity contribution in [2.75, 3.05) is 7.11 Å². The number of hydrogen-bond acceptors (Lipinski definition) is 7. The summed E-state index contributed by atoms with van der Waals surface area (Å²) in [6.07, 6.45) is 0.0533. The first-order valence-electron chi connectivity index (χ1n) is 7.73. The fourth-order valence-electron chi connectivity index (χ4n) is 2.31. The molecule has 6 nitrogen and oxygen atoms in total. The van der Waals surface area contributed by atoms with Crippen molar-refractivity contribution < 1.29 is 19.4 Å². The van der Waals surface area contributed by atoms with Crippen LogP contribution >= 0.6 is 22.7 Å². The molecule has 2 heterocycles. The molecule has 1 unspecified atom stereocenters. The van der Waals surface area contributed by atoms with Gasteiger partial charge in [-0.2, -0.15) is 0 Å². The van der Waals surface area contributed by atoms with Gasteiger partial charge < -0.3 is 15.2 Å². The van der Waals surface area contributed by atoms with Crippen LogP contribution in [-0.2, 0) is 9.53 Å². The fraction of sp³-hybridized carbons (Fsp3) is 0.167. The van der Waals surface area contributed by atoms with Gasteiger partial charge in [0.1, 0.15) is 16.5 Å². The lowest BCUT2D eigenvalue weighted by Gasteiger charge is -2.15. The topological polar surface area (TPSA) is 88.5 Å². The number of esters is 1. The molecule has 1 amide bonds. The number of rotatable bonds is 6. The summed E-state index contributed by atoms with van der Waals surface area (Å²) in [6, 6.07) is 9.88. The average molecular weight is 388 g/mol. The van der Waals surface area contributed by atoms with Gasteiger partial charge in [0.2, 0.25) is 0 Å². The molecule has 8 heteroatoms. The molecule has 0 fully saturated rings. The maximum atomic E-state index is 12.6. The van der Waals surface area contributed by atoms with Gasteiger partial charge in [0.05, 0.1) is 19.6 Å². The van der Waals surface area contributed by atoms with Crippen LogP contribution in [0, 0.1) is 0 Å². The Labute approximate surface area is 158 Å². The molecule has 1 atom stereocenters. The van der Waals surface area contributed by atoms with Crippen LogP contribution in [0.15, 0.2) is 47.2 Å². The minimum Gasteiger partial charge on any atom is -0.508 e. The van der Waals surface area contributed by atoms with Gasteiger partial charge in [0.25, 0.3) is 5.91 Å². The van der Waals surface area contributed by atoms with Crippen molar-refractivity contribution in [3.05, 3.63) is 57.7 Å². The summed E-state index contributed by atoms with van der Waals surface area (Å²) in [7, 11) is 1.32. The summed E-state index contributed by atoms with van der Waals surface area (Å²) in [6.45, 7) is 0. The van der Waals surface area contributed by atoms with E-state index < -0.39 is 12.0 Å². The number of phenolic OH excluding ortho intramolecular Hbond substituents is 1. The molecule has 2 aromatic heterocycles. The highest BCUT2D eigenvalue weighted by molar-refractivity contribution is 7.13. The molecule has 26 heavy (non-hydrogen) atoms. The summed E-state index contributed by atoms with van der Waals surface area (Å²) >= 11 is 2.80. The van der Waals surface area contributed by atoms with Gasteiger partial charge in [-0.3, -0.25) is 9.59 Å². The van der Waals surface area contributed by atoms with E-state index >= 15 is 0 Å². The summed E-state index contributed by atoms with van der Waals surface area (Å²) in [5.41, 5.74) is 1.10. The number of aromatic hydroxyl groups is 1. The molecule has 3 aromatic rings. The number of benzene rings is 1. The van der Waals surface area contributed by atoms with Gasteiger partial charge in [0, 0.05) is 15.8 Å². The second-order valence-electron chi connectivity index (χ2n) is 5.41. The van der Waals surface area contributed by atoms with Gasteiger partial charge in [-0.1, -0.05) is 6.07 Å². The van der Waals surface area contributed by atoms with Crippen LogP contribution in [0.4, 0.5) is 0 Å². The molecular weight excluding hydrogens is 372 g/mol. The lowest BCUT2D eigenvalue weighted by Crippen LogP contribution is -2.30. The van der Waals surface area contributed by atoms with E-state index in [9.17, 15) is 14.7 Å². The van der Waals surface area contributed by atoms with Crippen molar-refractivity contribution >= 4 is 34.6 Å². The highest BCUT2D eigenvalue weighted by atomic mass is 32.1. The predicted molar refractivity (Wildman–Crippen MR) is 100 cm³/mol. The van der Waals surface area contributed by atoms with Crippen LogP contribution in [0.3, 0.4) is 0 Å². The molecular formula is C18H16N2O4S2. The first-order chi connectivity index (χ1) is 12.6. The smallest absolute Gasteiger partial charge is 0.307 e. The van der Waals surface area contributed by atoms with Crippen LogP contribution in [0.1, 0.15) is 27.8 Å². The van der Waals surface area contributed by atoms with Crippen LogP contribution in [-0.4, -0.2) is 29.1 Å². The minimum absolute atomic E-state index is 0.0533. The standard InChI is InChI=1S/C18H16N2O4S2/c1-24-16(22)9-13(15-3-2-8-25-15)19-17(23)14-10-26-18(20-14)11-4-6-12(21)7-5-11/h2-8,10,13,21H,9H2,1H3,(H,19,23). The van der Waals surface area contributed by atoms with E-state index in [0.29, 0.717) is 5.01 Å². The third kappa shape index (κ3) is 4.27. The number of methoxy groups -OCH3 is 1. The Bertz CT molecular complexity index is 888. The third-order valence-corrected chi connectivity index (χ3v) is 5.52. The number of amides is 1. The van der Waals surface area contributed by atoms with Crippen LogP contribution in [0.25, 0.3) is 10.6 Å². The Hall–Kier alpha value is -2.71. The van der Waals surface area contributed by atoms with Crippen molar-refractivity contribution in [1.29, 1.82) is 0 Å². The highest BCUT2D eigenvalue weighted by Crippen LogP contribution is 2.27. The molecule has 0 saturated heterocycles. The van der Waals surface area contributed by atoms with Crippen LogP contribution in [0.2, 0.25) is 0 Å². The Balaban J connectivity index is 1.75. The van der Waals surface area contributed by atoms with Gasteiger partial charge in [0.15, 0.2) is 0 Å². The molecule has 2 N–H and O–H groups in total. The molecule has 0 saturated carbocycles. The average Bonchev–Trinajstić information content (AvgIpc) is 3.33. The zero-order valence-corrected chi connectivity index (χ0v) is 15.5. The van der Waals surface area contributed by atoms with Crippen LogP contribution < -0.4 is 5.32 Å². The monoisotopic (exact) mass is 388 g/mol. The second-order valence-corrected chi connectivity index (χ2v) is 7.24. The van der Waals surface area contributed by atoms with Gasteiger partial charge in [-0.25, -0.2) is 4.98 Å². The number of nitrogens with one attached hydrogen (secondary N) is 1. The molecule has 0 aliphatic carbocycles. The fourth-order valence-corrected chi connectivity index (χ4v) is 3.89. The van der Waals surface area contributed by atoms with Crippen LogP contribution in [0.5, 0.6) is 5.75 Å². The number of nitrogens with zero attached hydrogens (tertiary/aromatic N) is 1. The normalized spacial score (nSPS) is 11.7. The third-order valence-electron chi connectivity index (χ3n) is 3.64. The number of hydrogen-bond donors (Lipinski definition) is 2. The number of carbonyl (C=O) groups excluding carboxylic acids is 2. The van der Waals surface area contributed by atoms with E-state index in [4.69, 9.17) is 4.74 Å². The number of aromatic nitrogens is 1. The molecule has 0 aliphatic heterocycles. The zero-order chi connectivity index (χ0) is 18.5. The van der Waals surface area contributed by atoms with Crippen molar-refractivity contribution in [1.82, 2.24) is 10.3 Å². The largest absolute Gasteiger partial charge is 0.508 e.